The molecule has 0 aliphatic carbocycles. The van der Waals surface area contributed by atoms with Crippen molar-refractivity contribution in [1.82, 2.24) is 15.0 Å². The van der Waals surface area contributed by atoms with Crippen LogP contribution in [0.4, 0.5) is 13.2 Å². The number of nitrogens with one attached hydrogen (secondary N) is 1. The predicted molar refractivity (Wildman–Crippen MR) is 132 cm³/mol. The first-order valence-corrected chi connectivity index (χ1v) is 11.5. The third-order valence-electron chi connectivity index (χ3n) is 5.07. The third-order valence-corrected chi connectivity index (χ3v) is 6.01. The summed E-state index contributed by atoms with van der Waals surface area (Å²) in [6.07, 6.45) is -3.61. The molecule has 1 N–H and O–H groups in total. The first-order valence-electron chi connectivity index (χ1n) is 10.5. The zero-order valence-electron chi connectivity index (χ0n) is 18.8. The summed E-state index contributed by atoms with van der Waals surface area (Å²) >= 11 is 0.997. The van der Waals surface area contributed by atoms with E-state index in [1.165, 1.54) is 29.9 Å². The lowest BCUT2D eigenvalue weighted by Crippen LogP contribution is -2.24. The van der Waals surface area contributed by atoms with Gasteiger partial charge in [0.15, 0.2) is 5.16 Å². The molecule has 4 aromatic rings. The summed E-state index contributed by atoms with van der Waals surface area (Å²) in [7, 11) is 1.53. The Hall–Kier alpha value is -4.12. The van der Waals surface area contributed by atoms with Crippen molar-refractivity contribution in [3.63, 3.8) is 0 Å². The molecule has 1 amide bonds. The van der Waals surface area contributed by atoms with Crippen LogP contribution in [0.1, 0.15) is 11.1 Å². The van der Waals surface area contributed by atoms with Gasteiger partial charge in [-0.2, -0.15) is 18.3 Å². The monoisotopic (exact) mass is 512 g/mol. The molecule has 0 aliphatic rings. The van der Waals surface area contributed by atoms with Crippen LogP contribution in [0.15, 0.2) is 87.8 Å². The average Bonchev–Trinajstić information content (AvgIpc) is 2.87. The van der Waals surface area contributed by atoms with E-state index in [4.69, 9.17) is 4.74 Å². The third kappa shape index (κ3) is 5.57. The summed E-state index contributed by atoms with van der Waals surface area (Å²) in [6, 6.07) is 18.5. The van der Waals surface area contributed by atoms with Crippen LogP contribution in [0.25, 0.3) is 16.6 Å². The molecule has 3 aromatic carbocycles. The van der Waals surface area contributed by atoms with Crippen LogP contribution in [0.2, 0.25) is 0 Å². The second-order valence-electron chi connectivity index (χ2n) is 7.42. The molecule has 0 radical (unpaired) electrons. The van der Waals surface area contributed by atoms with Gasteiger partial charge in [-0.1, -0.05) is 42.1 Å². The maximum atomic E-state index is 13.3. The molecule has 0 saturated heterocycles. The number of nitrogens with zero attached hydrogens (tertiary/aromatic N) is 3. The summed E-state index contributed by atoms with van der Waals surface area (Å²) in [5.74, 6) is -0.150. The zero-order valence-corrected chi connectivity index (χ0v) is 19.6. The minimum absolute atomic E-state index is 0.178. The van der Waals surface area contributed by atoms with Crippen LogP contribution in [-0.4, -0.2) is 34.5 Å². The number of hydrogen-bond acceptors (Lipinski definition) is 6. The number of hydrazone groups is 1. The molecule has 1 aromatic heterocycles. The van der Waals surface area contributed by atoms with Gasteiger partial charge in [-0.15, -0.1) is 0 Å². The van der Waals surface area contributed by atoms with Crippen LogP contribution in [-0.2, 0) is 11.0 Å². The molecule has 4 rings (SSSR count). The number of alkyl halides is 3. The van der Waals surface area contributed by atoms with E-state index in [1.54, 1.807) is 48.5 Å². The maximum Gasteiger partial charge on any atom is 0.417 e. The highest BCUT2D eigenvalue weighted by Gasteiger charge is 2.32. The highest BCUT2D eigenvalue weighted by molar-refractivity contribution is 7.99. The van der Waals surface area contributed by atoms with Gasteiger partial charge in [0.05, 0.1) is 41.2 Å². The van der Waals surface area contributed by atoms with Crippen molar-refractivity contribution in [3.05, 3.63) is 94.3 Å². The number of fused-ring (bicyclic) bond motifs is 1. The molecule has 0 bridgehead atoms. The number of methoxy groups -OCH3 is 1. The molecular weight excluding hydrogens is 493 g/mol. The molecule has 0 aliphatic heterocycles. The first-order chi connectivity index (χ1) is 17.3. The number of thioether (sulfide) groups is 1. The van der Waals surface area contributed by atoms with Crippen molar-refractivity contribution in [2.75, 3.05) is 12.9 Å². The van der Waals surface area contributed by atoms with E-state index in [-0.39, 0.29) is 22.0 Å². The van der Waals surface area contributed by atoms with Gasteiger partial charge in [-0.05, 0) is 42.5 Å². The highest BCUT2D eigenvalue weighted by Crippen LogP contribution is 2.31. The van der Waals surface area contributed by atoms with Crippen LogP contribution in [0, 0.1) is 0 Å². The van der Waals surface area contributed by atoms with Crippen LogP contribution in [0.3, 0.4) is 0 Å². The van der Waals surface area contributed by atoms with Crippen molar-refractivity contribution in [1.29, 1.82) is 0 Å². The van der Waals surface area contributed by atoms with Crippen LogP contribution >= 0.6 is 11.8 Å². The maximum absolute atomic E-state index is 13.3. The van der Waals surface area contributed by atoms with E-state index in [0.29, 0.717) is 22.3 Å². The molecule has 0 unspecified atom stereocenters. The van der Waals surface area contributed by atoms with Crippen molar-refractivity contribution in [3.8, 4) is 11.4 Å². The average molecular weight is 513 g/mol. The van der Waals surface area contributed by atoms with Gasteiger partial charge in [-0.25, -0.2) is 10.4 Å². The fourth-order valence-corrected chi connectivity index (χ4v) is 4.18. The smallest absolute Gasteiger partial charge is 0.417 e. The summed E-state index contributed by atoms with van der Waals surface area (Å²) in [6.45, 7) is 0. The van der Waals surface area contributed by atoms with Gasteiger partial charge in [0.25, 0.3) is 11.5 Å². The van der Waals surface area contributed by atoms with Crippen molar-refractivity contribution >= 4 is 34.8 Å². The summed E-state index contributed by atoms with van der Waals surface area (Å²) in [5, 5.41) is 4.34. The Bertz CT molecular complexity index is 1480. The Kier molecular flexibility index (Phi) is 7.39. The number of amides is 1. The highest BCUT2D eigenvalue weighted by atomic mass is 32.2. The Morgan fingerprint density at radius 2 is 1.78 bits per heavy atom. The quantitative estimate of drug-likeness (QED) is 0.169. The van der Waals surface area contributed by atoms with Crippen molar-refractivity contribution < 1.29 is 22.7 Å². The lowest BCUT2D eigenvalue weighted by Gasteiger charge is -2.13. The fraction of sp³-hybridized carbons (Fsp3) is 0.120. The van der Waals surface area contributed by atoms with E-state index >= 15 is 0 Å². The van der Waals surface area contributed by atoms with Gasteiger partial charge >= 0.3 is 6.18 Å². The Labute approximate surface area is 207 Å². The second kappa shape index (κ2) is 10.6. The number of carbonyl (C=O) groups excluding carboxylic acids is 1. The lowest BCUT2D eigenvalue weighted by molar-refractivity contribution is -0.137. The number of carbonyl (C=O) groups is 1. The van der Waals surface area contributed by atoms with E-state index < -0.39 is 17.6 Å². The number of ether oxygens (including phenoxy) is 1. The second-order valence-corrected chi connectivity index (χ2v) is 8.36. The largest absolute Gasteiger partial charge is 0.497 e. The van der Waals surface area contributed by atoms with Crippen LogP contribution in [0.5, 0.6) is 5.75 Å². The van der Waals surface area contributed by atoms with E-state index in [1.807, 2.05) is 0 Å². The van der Waals surface area contributed by atoms with Gasteiger partial charge in [0, 0.05) is 5.56 Å². The number of para-hydroxylation sites is 1. The first kappa shape index (κ1) is 25.0. The Balaban J connectivity index is 1.55. The van der Waals surface area contributed by atoms with E-state index in [9.17, 15) is 22.8 Å². The number of hydrogen-bond donors (Lipinski definition) is 1. The molecule has 0 spiro atoms. The Morgan fingerprint density at radius 1 is 1.08 bits per heavy atom. The van der Waals surface area contributed by atoms with Crippen LogP contribution < -0.4 is 15.7 Å². The van der Waals surface area contributed by atoms with Gasteiger partial charge in [-0.3, -0.25) is 14.2 Å². The fourth-order valence-electron chi connectivity index (χ4n) is 3.37. The number of halogens is 3. The molecule has 0 atom stereocenters. The predicted octanol–water partition coefficient (Wildman–Crippen LogP) is 4.66. The molecule has 0 fully saturated rings. The summed E-state index contributed by atoms with van der Waals surface area (Å²) in [5.41, 5.74) is 1.87. The Morgan fingerprint density at radius 3 is 2.50 bits per heavy atom. The molecule has 184 valence electrons. The molecule has 1 heterocycles. The molecule has 36 heavy (non-hydrogen) atoms. The standard InChI is InChI=1S/C25H19F3N4O3S/c1-35-18-12-10-17(11-13-18)32-23(34)19-7-3-5-9-21(19)30-24(32)36-15-22(33)31-29-14-16-6-2-4-8-20(16)25(26,27)28/h2-14H,15H2,1H3,(H,31,33)/b29-14+. The van der Waals surface area contributed by atoms with Gasteiger partial charge < -0.3 is 4.74 Å². The normalized spacial score (nSPS) is 11.7. The lowest BCUT2D eigenvalue weighted by atomic mass is 10.1. The molecule has 11 heteroatoms. The van der Waals surface area contributed by atoms with Crippen molar-refractivity contribution in [2.24, 2.45) is 5.10 Å². The molecule has 7 nitrogen and oxygen atoms in total. The minimum Gasteiger partial charge on any atom is -0.497 e. The number of aromatic nitrogens is 2. The summed E-state index contributed by atoms with van der Waals surface area (Å²) in [4.78, 5) is 30.2. The summed E-state index contributed by atoms with van der Waals surface area (Å²) < 4.78 is 45.9. The van der Waals surface area contributed by atoms with E-state index in [2.05, 4.69) is 15.5 Å². The number of rotatable bonds is 7. The number of benzene rings is 3. The zero-order chi connectivity index (χ0) is 25.7. The van der Waals surface area contributed by atoms with E-state index in [0.717, 1.165) is 24.0 Å². The minimum atomic E-state index is -4.55. The van der Waals surface area contributed by atoms with Gasteiger partial charge in [0.1, 0.15) is 5.75 Å². The topological polar surface area (TPSA) is 85.6 Å². The van der Waals surface area contributed by atoms with Gasteiger partial charge in [0.2, 0.25) is 0 Å². The molecular formula is C25H19F3N4O3S. The molecule has 0 saturated carbocycles. The SMILES string of the molecule is COc1ccc(-n2c(SCC(=O)N/N=C/c3ccccc3C(F)(F)F)nc3ccccc3c2=O)cc1. The van der Waals surface area contributed by atoms with Crippen molar-refractivity contribution in [2.45, 2.75) is 11.3 Å².